The van der Waals surface area contributed by atoms with E-state index < -0.39 is 5.60 Å². The van der Waals surface area contributed by atoms with Crippen LogP contribution in [0.25, 0.3) is 0 Å². The predicted molar refractivity (Wildman–Crippen MR) is 60.8 cm³/mol. The summed E-state index contributed by atoms with van der Waals surface area (Å²) in [6.07, 6.45) is 1.57. The summed E-state index contributed by atoms with van der Waals surface area (Å²) in [6, 6.07) is -0.191. The van der Waals surface area contributed by atoms with Crippen LogP contribution >= 0.6 is 0 Å². The molecule has 0 aliphatic heterocycles. The predicted octanol–water partition coefficient (Wildman–Crippen LogP) is 2.14. The van der Waals surface area contributed by atoms with Gasteiger partial charge in [-0.1, -0.05) is 19.0 Å². The second-order valence-electron chi connectivity index (χ2n) is 3.99. The van der Waals surface area contributed by atoms with Crippen LogP contribution in [-0.2, 0) is 10.3 Å². The third kappa shape index (κ3) is 2.59. The van der Waals surface area contributed by atoms with Gasteiger partial charge in [0.1, 0.15) is 5.60 Å². The lowest BCUT2D eigenvalue weighted by Crippen LogP contribution is -2.26. The second-order valence-corrected chi connectivity index (χ2v) is 3.99. The Bertz CT molecular complexity index is 327. The third-order valence-corrected chi connectivity index (χ3v) is 2.81. The summed E-state index contributed by atoms with van der Waals surface area (Å²) < 4.78 is 10.8. The minimum Gasteiger partial charge on any atom is -0.367 e. The number of rotatable bonds is 6. The Morgan fingerprint density at radius 1 is 1.44 bits per heavy atom. The summed E-state index contributed by atoms with van der Waals surface area (Å²) in [4.78, 5) is 4.31. The quantitative estimate of drug-likeness (QED) is 0.805. The van der Waals surface area contributed by atoms with Gasteiger partial charge in [0.25, 0.3) is 0 Å². The van der Waals surface area contributed by atoms with Crippen LogP contribution in [0.1, 0.15) is 58.3 Å². The van der Waals surface area contributed by atoms with Gasteiger partial charge in [-0.3, -0.25) is 0 Å². The molecule has 0 saturated carbocycles. The maximum absolute atomic E-state index is 5.83. The topological polar surface area (TPSA) is 74.2 Å². The standard InChI is InChI=1S/C11H21N3O2/c1-5-8(12)9-13-10(14-16-9)11(4,6-2)15-7-3/h8H,5-7,12H2,1-4H3/t8-,11?/m1/s1. The van der Waals surface area contributed by atoms with Gasteiger partial charge in [0.2, 0.25) is 11.7 Å². The van der Waals surface area contributed by atoms with Crippen molar-refractivity contribution in [3.63, 3.8) is 0 Å². The van der Waals surface area contributed by atoms with Gasteiger partial charge in [0.15, 0.2) is 0 Å². The summed E-state index contributed by atoms with van der Waals surface area (Å²) in [7, 11) is 0. The van der Waals surface area contributed by atoms with Gasteiger partial charge in [0.05, 0.1) is 6.04 Å². The first kappa shape index (κ1) is 13.1. The Kier molecular flexibility index (Phi) is 4.44. The molecule has 1 rings (SSSR count). The highest BCUT2D eigenvalue weighted by Gasteiger charge is 2.31. The van der Waals surface area contributed by atoms with Gasteiger partial charge in [-0.25, -0.2) is 0 Å². The molecule has 2 N–H and O–H groups in total. The Morgan fingerprint density at radius 2 is 2.12 bits per heavy atom. The van der Waals surface area contributed by atoms with Crippen molar-refractivity contribution in [2.24, 2.45) is 5.73 Å². The summed E-state index contributed by atoms with van der Waals surface area (Å²) in [5.74, 6) is 1.06. The van der Waals surface area contributed by atoms with Gasteiger partial charge in [-0.2, -0.15) is 4.98 Å². The summed E-state index contributed by atoms with van der Waals surface area (Å²) in [5.41, 5.74) is 5.35. The van der Waals surface area contributed by atoms with Crippen LogP contribution in [0.3, 0.4) is 0 Å². The lowest BCUT2D eigenvalue weighted by molar-refractivity contribution is -0.0403. The molecular formula is C11H21N3O2. The van der Waals surface area contributed by atoms with Crippen LogP contribution < -0.4 is 5.73 Å². The van der Waals surface area contributed by atoms with Crippen LogP contribution in [0.2, 0.25) is 0 Å². The number of hydrogen-bond acceptors (Lipinski definition) is 5. The van der Waals surface area contributed by atoms with E-state index in [1.54, 1.807) is 0 Å². The third-order valence-electron chi connectivity index (χ3n) is 2.81. The van der Waals surface area contributed by atoms with E-state index in [1.165, 1.54) is 0 Å². The average molecular weight is 227 g/mol. The van der Waals surface area contributed by atoms with E-state index in [0.29, 0.717) is 18.3 Å². The van der Waals surface area contributed by atoms with Crippen molar-refractivity contribution in [2.45, 2.75) is 52.2 Å². The van der Waals surface area contributed by atoms with Gasteiger partial charge in [-0.15, -0.1) is 0 Å². The molecule has 1 aromatic heterocycles. The zero-order valence-corrected chi connectivity index (χ0v) is 10.5. The fourth-order valence-electron chi connectivity index (χ4n) is 1.42. The molecular weight excluding hydrogens is 206 g/mol. The van der Waals surface area contributed by atoms with Crippen molar-refractivity contribution in [3.05, 3.63) is 11.7 Å². The van der Waals surface area contributed by atoms with Gasteiger partial charge in [0, 0.05) is 6.61 Å². The first-order chi connectivity index (χ1) is 7.57. The van der Waals surface area contributed by atoms with E-state index in [0.717, 1.165) is 12.8 Å². The van der Waals surface area contributed by atoms with Crippen LogP contribution in [0, 0.1) is 0 Å². The molecule has 16 heavy (non-hydrogen) atoms. The lowest BCUT2D eigenvalue weighted by Gasteiger charge is -2.23. The van der Waals surface area contributed by atoms with E-state index in [4.69, 9.17) is 15.0 Å². The van der Waals surface area contributed by atoms with E-state index in [9.17, 15) is 0 Å². The molecule has 1 aromatic rings. The number of ether oxygens (including phenoxy) is 1. The van der Waals surface area contributed by atoms with Crippen molar-refractivity contribution in [1.82, 2.24) is 10.1 Å². The Hall–Kier alpha value is -0.940. The van der Waals surface area contributed by atoms with Crippen LogP contribution in [0.4, 0.5) is 0 Å². The number of nitrogens with zero attached hydrogens (tertiary/aromatic N) is 2. The van der Waals surface area contributed by atoms with Gasteiger partial charge >= 0.3 is 0 Å². The Balaban J connectivity index is 2.90. The molecule has 0 aliphatic carbocycles. The molecule has 0 spiro atoms. The highest BCUT2D eigenvalue weighted by Crippen LogP contribution is 2.27. The zero-order chi connectivity index (χ0) is 12.2. The minimum atomic E-state index is -0.482. The minimum absolute atomic E-state index is 0.191. The molecule has 0 fully saturated rings. The van der Waals surface area contributed by atoms with Crippen LogP contribution in [0.5, 0.6) is 0 Å². The second kappa shape index (κ2) is 5.41. The molecule has 0 amide bonds. The molecule has 5 nitrogen and oxygen atoms in total. The number of aromatic nitrogens is 2. The largest absolute Gasteiger partial charge is 0.367 e. The van der Waals surface area contributed by atoms with Gasteiger partial charge < -0.3 is 15.0 Å². The monoisotopic (exact) mass is 227 g/mol. The van der Waals surface area contributed by atoms with Crippen molar-refractivity contribution in [1.29, 1.82) is 0 Å². The fraction of sp³-hybridized carbons (Fsp3) is 0.818. The van der Waals surface area contributed by atoms with Crippen molar-refractivity contribution in [3.8, 4) is 0 Å². The first-order valence-corrected chi connectivity index (χ1v) is 5.81. The molecule has 1 unspecified atom stereocenters. The molecule has 1 heterocycles. The Labute approximate surface area is 96.4 Å². The molecule has 0 saturated heterocycles. The van der Waals surface area contributed by atoms with Crippen molar-refractivity contribution in [2.75, 3.05) is 6.61 Å². The lowest BCUT2D eigenvalue weighted by atomic mass is 10.0. The highest BCUT2D eigenvalue weighted by atomic mass is 16.5. The molecule has 0 bridgehead atoms. The molecule has 92 valence electrons. The first-order valence-electron chi connectivity index (χ1n) is 5.81. The van der Waals surface area contributed by atoms with Gasteiger partial charge in [-0.05, 0) is 26.7 Å². The zero-order valence-electron chi connectivity index (χ0n) is 10.5. The van der Waals surface area contributed by atoms with E-state index >= 15 is 0 Å². The summed E-state index contributed by atoms with van der Waals surface area (Å²) in [5, 5.41) is 3.96. The SMILES string of the molecule is CCOC(C)(CC)c1noc([C@H](N)CC)n1. The number of nitrogens with two attached hydrogens (primary N) is 1. The van der Waals surface area contributed by atoms with E-state index in [-0.39, 0.29) is 6.04 Å². The summed E-state index contributed by atoms with van der Waals surface area (Å²) >= 11 is 0. The average Bonchev–Trinajstić information content (AvgIpc) is 2.78. The van der Waals surface area contributed by atoms with E-state index in [1.807, 2.05) is 27.7 Å². The molecule has 0 aliphatic rings. The smallest absolute Gasteiger partial charge is 0.243 e. The molecule has 2 atom stereocenters. The highest BCUT2D eigenvalue weighted by molar-refractivity contribution is 5.01. The van der Waals surface area contributed by atoms with Crippen molar-refractivity contribution >= 4 is 0 Å². The normalized spacial score (nSPS) is 17.1. The molecule has 5 heteroatoms. The summed E-state index contributed by atoms with van der Waals surface area (Å²) in [6.45, 7) is 8.55. The maximum Gasteiger partial charge on any atom is 0.243 e. The van der Waals surface area contributed by atoms with Crippen LogP contribution in [0.15, 0.2) is 4.52 Å². The molecule has 0 aromatic carbocycles. The maximum atomic E-state index is 5.83. The molecule has 0 radical (unpaired) electrons. The Morgan fingerprint density at radius 3 is 2.62 bits per heavy atom. The number of hydrogen-bond donors (Lipinski definition) is 1. The van der Waals surface area contributed by atoms with E-state index in [2.05, 4.69) is 10.1 Å². The van der Waals surface area contributed by atoms with Crippen molar-refractivity contribution < 1.29 is 9.26 Å². The fourth-order valence-corrected chi connectivity index (χ4v) is 1.42. The van der Waals surface area contributed by atoms with Crippen LogP contribution in [-0.4, -0.2) is 16.7 Å².